The number of carbonyl (C=O) groups excluding carboxylic acids is 3. The third-order valence-electron chi connectivity index (χ3n) is 3.65. The molecule has 0 saturated carbocycles. The maximum absolute atomic E-state index is 12.3. The normalized spacial score (nSPS) is 16.1. The molecule has 0 saturated heterocycles. The van der Waals surface area contributed by atoms with Crippen molar-refractivity contribution in [2.24, 2.45) is 0 Å². The maximum atomic E-state index is 12.3. The number of carbonyl (C=O) groups is 3. The second-order valence-corrected chi connectivity index (χ2v) is 5.25. The fourth-order valence-electron chi connectivity index (χ4n) is 2.74. The highest BCUT2D eigenvalue weighted by atomic mass is 16.6. The van der Waals surface area contributed by atoms with Gasteiger partial charge in [-0.05, 0) is 13.8 Å². The van der Waals surface area contributed by atoms with Gasteiger partial charge >= 0.3 is 0 Å². The molecule has 0 radical (unpaired) electrons. The molecule has 3 rings (SSSR count). The Morgan fingerprint density at radius 3 is 2.32 bits per heavy atom. The van der Waals surface area contributed by atoms with Crippen LogP contribution in [0, 0.1) is 0 Å². The molecule has 2 aliphatic heterocycles. The largest absolute Gasteiger partial charge is 0.486 e. The van der Waals surface area contributed by atoms with Gasteiger partial charge in [0.15, 0.2) is 29.1 Å². The number of hydrogen-bond acceptors (Lipinski definition) is 6. The average Bonchev–Trinajstić information content (AvgIpc) is 2.47. The van der Waals surface area contributed by atoms with Crippen molar-refractivity contribution in [3.05, 3.63) is 12.1 Å². The summed E-state index contributed by atoms with van der Waals surface area (Å²) in [5.74, 6) is -0.00175. The molecule has 2 aliphatic rings. The average molecular weight is 304 g/mol. The number of nitrogens with zero attached hydrogens (tertiary/aromatic N) is 1. The Hall–Kier alpha value is -2.57. The Balaban J connectivity index is 2.11. The number of ether oxygens (including phenoxy) is 2. The second kappa shape index (κ2) is 5.32. The van der Waals surface area contributed by atoms with Gasteiger partial charge in [-0.2, -0.15) is 0 Å². The van der Waals surface area contributed by atoms with E-state index >= 15 is 0 Å². The smallest absolute Gasteiger partial charge is 0.247 e. The monoisotopic (exact) mass is 304 g/mol. The minimum absolute atomic E-state index is 0.0176. The van der Waals surface area contributed by atoms with Crippen LogP contribution in [-0.2, 0) is 14.4 Å². The van der Waals surface area contributed by atoms with Crippen LogP contribution in [-0.4, -0.2) is 43.3 Å². The van der Waals surface area contributed by atoms with Gasteiger partial charge in [0.05, 0.1) is 17.9 Å². The lowest BCUT2D eigenvalue weighted by molar-refractivity contribution is -0.130. The zero-order valence-corrected chi connectivity index (χ0v) is 12.3. The second-order valence-electron chi connectivity index (χ2n) is 5.25. The summed E-state index contributed by atoms with van der Waals surface area (Å²) in [4.78, 5) is 37.2. The van der Waals surface area contributed by atoms with Gasteiger partial charge in [0.25, 0.3) is 0 Å². The molecule has 0 atom stereocenters. The van der Waals surface area contributed by atoms with Crippen molar-refractivity contribution in [1.82, 2.24) is 0 Å². The SMILES string of the molecule is CC(=O)C(C(C)=O)N1C(=O)CNc2cc3c(cc21)OCCO3. The fourth-order valence-corrected chi connectivity index (χ4v) is 2.74. The maximum Gasteiger partial charge on any atom is 0.247 e. The van der Waals surface area contributed by atoms with Crippen molar-refractivity contribution >= 4 is 28.8 Å². The van der Waals surface area contributed by atoms with Crippen molar-refractivity contribution in [1.29, 1.82) is 0 Å². The van der Waals surface area contributed by atoms with E-state index < -0.39 is 6.04 Å². The summed E-state index contributed by atoms with van der Waals surface area (Å²) in [6.07, 6.45) is 0. The van der Waals surface area contributed by atoms with E-state index in [4.69, 9.17) is 9.47 Å². The number of nitrogens with one attached hydrogen (secondary N) is 1. The highest BCUT2D eigenvalue weighted by Gasteiger charge is 2.37. The van der Waals surface area contributed by atoms with Crippen molar-refractivity contribution in [3.63, 3.8) is 0 Å². The van der Waals surface area contributed by atoms with Crippen LogP contribution >= 0.6 is 0 Å². The number of hydrogen-bond donors (Lipinski definition) is 1. The molecule has 7 heteroatoms. The Bertz CT molecular complexity index is 656. The minimum atomic E-state index is -1.11. The summed E-state index contributed by atoms with van der Waals surface area (Å²) in [6.45, 7) is 3.50. The molecule has 0 bridgehead atoms. The molecule has 1 aromatic rings. The van der Waals surface area contributed by atoms with E-state index in [2.05, 4.69) is 5.32 Å². The van der Waals surface area contributed by atoms with E-state index in [1.807, 2.05) is 0 Å². The molecule has 0 aliphatic carbocycles. The van der Waals surface area contributed by atoms with Crippen LogP contribution < -0.4 is 19.7 Å². The van der Waals surface area contributed by atoms with Crippen LogP contribution in [0.4, 0.5) is 11.4 Å². The van der Waals surface area contributed by atoms with Gasteiger partial charge in [0.2, 0.25) is 5.91 Å². The zero-order valence-electron chi connectivity index (χ0n) is 12.3. The number of fused-ring (bicyclic) bond motifs is 2. The standard InChI is InChI=1S/C15H16N2O5/c1-8(18)15(9(2)19)17-11-6-13-12(21-3-4-22-13)5-10(11)16-7-14(17)20/h5-6,15-16H,3-4,7H2,1-2H3. The van der Waals surface area contributed by atoms with E-state index in [1.54, 1.807) is 12.1 Å². The molecule has 1 amide bonds. The lowest BCUT2D eigenvalue weighted by atomic mass is 10.0. The molecule has 116 valence electrons. The highest BCUT2D eigenvalue weighted by molar-refractivity contribution is 6.16. The molecular weight excluding hydrogens is 288 g/mol. The Morgan fingerprint density at radius 2 is 1.73 bits per heavy atom. The van der Waals surface area contributed by atoms with E-state index in [9.17, 15) is 14.4 Å². The predicted octanol–water partition coefficient (Wildman–Crippen LogP) is 0.763. The van der Waals surface area contributed by atoms with E-state index in [-0.39, 0.29) is 24.0 Å². The van der Waals surface area contributed by atoms with Gasteiger partial charge in [-0.25, -0.2) is 0 Å². The highest BCUT2D eigenvalue weighted by Crippen LogP contribution is 2.42. The number of rotatable bonds is 3. The van der Waals surface area contributed by atoms with Crippen molar-refractivity contribution in [2.45, 2.75) is 19.9 Å². The lowest BCUT2D eigenvalue weighted by Gasteiger charge is -2.35. The summed E-state index contributed by atoms with van der Waals surface area (Å²) in [6, 6.07) is 2.24. The zero-order chi connectivity index (χ0) is 15.9. The molecule has 0 spiro atoms. The summed E-state index contributed by atoms with van der Waals surface area (Å²) in [5, 5.41) is 2.98. The van der Waals surface area contributed by atoms with Crippen LogP contribution in [0.25, 0.3) is 0 Å². The number of benzene rings is 1. The summed E-state index contributed by atoms with van der Waals surface area (Å²) in [5.41, 5.74) is 1.09. The van der Waals surface area contributed by atoms with Gasteiger partial charge in [-0.15, -0.1) is 0 Å². The topological polar surface area (TPSA) is 84.9 Å². The first-order valence-corrected chi connectivity index (χ1v) is 6.99. The summed E-state index contributed by atoms with van der Waals surface area (Å²) >= 11 is 0. The van der Waals surface area contributed by atoms with Crippen molar-refractivity contribution in [2.75, 3.05) is 30.0 Å². The van der Waals surface area contributed by atoms with Crippen LogP contribution in [0.5, 0.6) is 11.5 Å². The van der Waals surface area contributed by atoms with Gasteiger partial charge in [0, 0.05) is 12.1 Å². The molecule has 0 aromatic heterocycles. The summed E-state index contributed by atoms with van der Waals surface area (Å²) in [7, 11) is 0. The quantitative estimate of drug-likeness (QED) is 0.830. The van der Waals surface area contributed by atoms with Crippen LogP contribution in [0.15, 0.2) is 12.1 Å². The van der Waals surface area contributed by atoms with Crippen molar-refractivity contribution < 1.29 is 23.9 Å². The first kappa shape index (κ1) is 14.4. The number of amides is 1. The predicted molar refractivity (Wildman–Crippen MR) is 78.6 cm³/mol. The third kappa shape index (κ3) is 2.28. The van der Waals surface area contributed by atoms with Gasteiger partial charge in [0.1, 0.15) is 13.2 Å². The molecule has 1 aromatic carbocycles. The number of anilines is 2. The number of Topliss-reactive ketones (excluding diaryl/α,β-unsaturated/α-hetero) is 2. The van der Waals surface area contributed by atoms with Crippen LogP contribution in [0.2, 0.25) is 0 Å². The molecule has 1 N–H and O–H groups in total. The van der Waals surface area contributed by atoms with Gasteiger partial charge in [-0.3, -0.25) is 19.3 Å². The third-order valence-corrected chi connectivity index (χ3v) is 3.65. The van der Waals surface area contributed by atoms with Crippen LogP contribution in [0.3, 0.4) is 0 Å². The van der Waals surface area contributed by atoms with E-state index in [0.717, 1.165) is 0 Å². The number of ketones is 2. The van der Waals surface area contributed by atoms with E-state index in [1.165, 1.54) is 18.7 Å². The molecule has 22 heavy (non-hydrogen) atoms. The lowest BCUT2D eigenvalue weighted by Crippen LogP contribution is -2.52. The first-order chi connectivity index (χ1) is 10.5. The Labute approximate surface area is 127 Å². The Kier molecular flexibility index (Phi) is 3.48. The molecule has 0 unspecified atom stereocenters. The summed E-state index contributed by atoms with van der Waals surface area (Å²) < 4.78 is 11.0. The molecule has 2 heterocycles. The van der Waals surface area contributed by atoms with Gasteiger partial charge < -0.3 is 14.8 Å². The molecule has 7 nitrogen and oxygen atoms in total. The fraction of sp³-hybridized carbons (Fsp3) is 0.400. The Morgan fingerprint density at radius 1 is 1.14 bits per heavy atom. The molecular formula is C15H16N2O5. The van der Waals surface area contributed by atoms with Gasteiger partial charge in [-0.1, -0.05) is 0 Å². The van der Waals surface area contributed by atoms with Crippen LogP contribution in [0.1, 0.15) is 13.8 Å². The van der Waals surface area contributed by atoms with Crippen molar-refractivity contribution in [3.8, 4) is 11.5 Å². The first-order valence-electron chi connectivity index (χ1n) is 6.99. The molecule has 0 fully saturated rings. The van der Waals surface area contributed by atoms with E-state index in [0.29, 0.717) is 36.1 Å². The minimum Gasteiger partial charge on any atom is -0.486 e.